The first kappa shape index (κ1) is 14.0. The van der Waals surface area contributed by atoms with E-state index in [9.17, 15) is 0 Å². The second kappa shape index (κ2) is 13.0. The van der Waals surface area contributed by atoms with Crippen LogP contribution in [0.25, 0.3) is 0 Å². The number of hydrogen-bond donors (Lipinski definition) is 0. The van der Waals surface area contributed by atoms with Gasteiger partial charge in [0.25, 0.3) is 0 Å². The molecule has 86 valence electrons. The highest BCUT2D eigenvalue weighted by Crippen LogP contribution is 1.75. The average Bonchev–Trinajstić information content (AvgIpc) is 2.32. The van der Waals surface area contributed by atoms with Crippen LogP contribution in [-0.2, 0) is 14.2 Å². The Morgan fingerprint density at radius 3 is 1.60 bits per heavy atom. The summed E-state index contributed by atoms with van der Waals surface area (Å²) in [6.07, 6.45) is 3.50. The van der Waals surface area contributed by atoms with Gasteiger partial charge in [-0.1, -0.05) is 6.07 Å². The quantitative estimate of drug-likeness (QED) is 0.669. The van der Waals surface area contributed by atoms with Crippen LogP contribution in [0.5, 0.6) is 0 Å². The van der Waals surface area contributed by atoms with Crippen molar-refractivity contribution >= 4 is 0 Å². The topological polar surface area (TPSA) is 40.6 Å². The van der Waals surface area contributed by atoms with Gasteiger partial charge in [-0.05, 0) is 12.1 Å². The van der Waals surface area contributed by atoms with Crippen LogP contribution in [0.4, 0.5) is 0 Å². The lowest BCUT2D eigenvalue weighted by atomic mass is 10.5. The lowest BCUT2D eigenvalue weighted by molar-refractivity contribution is 0.0385. The number of hydrogen-bond acceptors (Lipinski definition) is 4. The summed E-state index contributed by atoms with van der Waals surface area (Å²) in [5, 5.41) is 0. The predicted molar refractivity (Wildman–Crippen MR) is 58.8 cm³/mol. The lowest BCUT2D eigenvalue weighted by Crippen LogP contribution is -2.06. The smallest absolute Gasteiger partial charge is 0.0701 e. The van der Waals surface area contributed by atoms with Gasteiger partial charge in [-0.3, -0.25) is 4.98 Å². The first-order chi connectivity index (χ1) is 7.41. The third-order valence-electron chi connectivity index (χ3n) is 1.43. The van der Waals surface area contributed by atoms with Gasteiger partial charge in [0.2, 0.25) is 0 Å². The summed E-state index contributed by atoms with van der Waals surface area (Å²) in [7, 11) is 3.30. The third kappa shape index (κ3) is 13.0. The molecular formula is C11H19NO3. The molecule has 15 heavy (non-hydrogen) atoms. The summed E-state index contributed by atoms with van der Waals surface area (Å²) >= 11 is 0. The lowest BCUT2D eigenvalue weighted by Gasteiger charge is -2.00. The Morgan fingerprint density at radius 2 is 1.33 bits per heavy atom. The second-order valence-corrected chi connectivity index (χ2v) is 2.62. The van der Waals surface area contributed by atoms with Crippen LogP contribution in [0.3, 0.4) is 0 Å². The molecule has 0 unspecified atom stereocenters. The van der Waals surface area contributed by atoms with E-state index in [1.807, 2.05) is 18.2 Å². The molecule has 1 aromatic heterocycles. The monoisotopic (exact) mass is 213 g/mol. The molecule has 0 aliphatic carbocycles. The van der Waals surface area contributed by atoms with Crippen molar-refractivity contribution in [3.05, 3.63) is 30.6 Å². The molecule has 4 heteroatoms. The van der Waals surface area contributed by atoms with Crippen LogP contribution in [-0.4, -0.2) is 45.6 Å². The van der Waals surface area contributed by atoms with Crippen LogP contribution in [0.2, 0.25) is 0 Å². The highest BCUT2D eigenvalue weighted by molar-refractivity contribution is 4.88. The number of aromatic nitrogens is 1. The van der Waals surface area contributed by atoms with E-state index in [0.717, 1.165) is 0 Å². The molecule has 0 bridgehead atoms. The molecular weight excluding hydrogens is 194 g/mol. The van der Waals surface area contributed by atoms with E-state index in [2.05, 4.69) is 4.98 Å². The van der Waals surface area contributed by atoms with Gasteiger partial charge < -0.3 is 14.2 Å². The van der Waals surface area contributed by atoms with Gasteiger partial charge in [0.1, 0.15) is 0 Å². The van der Waals surface area contributed by atoms with Gasteiger partial charge in [-0.25, -0.2) is 0 Å². The fraction of sp³-hybridized carbons (Fsp3) is 0.545. The maximum absolute atomic E-state index is 5.06. The van der Waals surface area contributed by atoms with Crippen LogP contribution in [0, 0.1) is 0 Å². The zero-order chi connectivity index (χ0) is 11.2. The largest absolute Gasteiger partial charge is 0.382 e. The molecule has 1 heterocycles. The molecule has 0 saturated carbocycles. The van der Waals surface area contributed by atoms with Crippen LogP contribution in [0.15, 0.2) is 30.6 Å². The van der Waals surface area contributed by atoms with Crippen LogP contribution in [0.1, 0.15) is 0 Å². The van der Waals surface area contributed by atoms with Crippen molar-refractivity contribution in [1.82, 2.24) is 4.98 Å². The van der Waals surface area contributed by atoms with Crippen LogP contribution >= 0.6 is 0 Å². The zero-order valence-corrected chi connectivity index (χ0v) is 9.39. The minimum absolute atomic E-state index is 0.653. The molecule has 0 amide bonds. The molecule has 0 atom stereocenters. The fourth-order valence-corrected chi connectivity index (χ4v) is 0.699. The van der Waals surface area contributed by atoms with E-state index in [1.165, 1.54) is 0 Å². The van der Waals surface area contributed by atoms with E-state index < -0.39 is 0 Å². The third-order valence-corrected chi connectivity index (χ3v) is 1.43. The van der Waals surface area contributed by atoms with Crippen molar-refractivity contribution in [2.24, 2.45) is 0 Å². The first-order valence-corrected chi connectivity index (χ1v) is 4.82. The van der Waals surface area contributed by atoms with Crippen LogP contribution < -0.4 is 0 Å². The van der Waals surface area contributed by atoms with E-state index in [4.69, 9.17) is 14.2 Å². The molecule has 0 aliphatic heterocycles. The fourth-order valence-electron chi connectivity index (χ4n) is 0.699. The average molecular weight is 213 g/mol. The van der Waals surface area contributed by atoms with E-state index in [0.29, 0.717) is 26.4 Å². The summed E-state index contributed by atoms with van der Waals surface area (Å²) in [5.74, 6) is 0. The Labute approximate surface area is 91.2 Å². The van der Waals surface area contributed by atoms with Crippen molar-refractivity contribution < 1.29 is 14.2 Å². The molecule has 1 rings (SSSR count). The number of rotatable bonds is 6. The normalized spacial score (nSPS) is 9.20. The number of ether oxygens (including phenoxy) is 3. The molecule has 0 radical (unpaired) electrons. The summed E-state index contributed by atoms with van der Waals surface area (Å²) in [4.78, 5) is 3.78. The standard InChI is InChI=1S/C6H14O3.C5H5N/c1-7-3-5-9-6-4-8-2;1-2-4-6-5-3-1/h3-6H2,1-2H3;1-5H. The van der Waals surface area contributed by atoms with Gasteiger partial charge in [0, 0.05) is 26.6 Å². The van der Waals surface area contributed by atoms with Gasteiger partial charge in [0.15, 0.2) is 0 Å². The zero-order valence-electron chi connectivity index (χ0n) is 9.39. The molecule has 0 N–H and O–H groups in total. The van der Waals surface area contributed by atoms with Gasteiger partial charge >= 0.3 is 0 Å². The molecule has 4 nitrogen and oxygen atoms in total. The van der Waals surface area contributed by atoms with Crippen molar-refractivity contribution in [3.8, 4) is 0 Å². The van der Waals surface area contributed by atoms with Crippen molar-refractivity contribution in [2.75, 3.05) is 40.6 Å². The highest BCUT2D eigenvalue weighted by Gasteiger charge is 1.84. The SMILES string of the molecule is COCCOCCOC.c1ccncc1. The predicted octanol–water partition coefficient (Wildman–Crippen LogP) is 1.38. The maximum Gasteiger partial charge on any atom is 0.0701 e. The second-order valence-electron chi connectivity index (χ2n) is 2.62. The molecule has 0 saturated heterocycles. The Morgan fingerprint density at radius 1 is 0.800 bits per heavy atom. The Balaban J connectivity index is 0.000000280. The van der Waals surface area contributed by atoms with Gasteiger partial charge in [-0.15, -0.1) is 0 Å². The highest BCUT2D eigenvalue weighted by atomic mass is 16.5. The summed E-state index contributed by atoms with van der Waals surface area (Å²) in [5.41, 5.74) is 0. The van der Waals surface area contributed by atoms with E-state index in [1.54, 1.807) is 26.6 Å². The Kier molecular flexibility index (Phi) is 12.2. The molecule has 0 aromatic carbocycles. The summed E-state index contributed by atoms with van der Waals surface area (Å²) in [6.45, 7) is 2.62. The Hall–Kier alpha value is -0.970. The first-order valence-electron chi connectivity index (χ1n) is 4.82. The molecule has 0 spiro atoms. The number of nitrogens with zero attached hydrogens (tertiary/aromatic N) is 1. The minimum Gasteiger partial charge on any atom is -0.382 e. The minimum atomic E-state index is 0.653. The van der Waals surface area contributed by atoms with E-state index >= 15 is 0 Å². The molecule has 0 aliphatic rings. The van der Waals surface area contributed by atoms with Crippen molar-refractivity contribution in [2.45, 2.75) is 0 Å². The number of pyridine rings is 1. The van der Waals surface area contributed by atoms with Gasteiger partial charge in [-0.2, -0.15) is 0 Å². The summed E-state index contributed by atoms with van der Waals surface area (Å²) < 4.78 is 14.6. The van der Waals surface area contributed by atoms with Crippen molar-refractivity contribution in [1.29, 1.82) is 0 Å². The van der Waals surface area contributed by atoms with Gasteiger partial charge in [0.05, 0.1) is 26.4 Å². The Bertz CT molecular complexity index is 162. The molecule has 1 aromatic rings. The molecule has 0 fully saturated rings. The van der Waals surface area contributed by atoms with Crippen molar-refractivity contribution in [3.63, 3.8) is 0 Å². The van der Waals surface area contributed by atoms with E-state index in [-0.39, 0.29) is 0 Å². The number of methoxy groups -OCH3 is 2. The summed E-state index contributed by atoms with van der Waals surface area (Å²) in [6, 6.07) is 5.72. The maximum atomic E-state index is 5.06.